The summed E-state index contributed by atoms with van der Waals surface area (Å²) in [5.74, 6) is 0.530. The van der Waals surface area contributed by atoms with Crippen LogP contribution in [0.5, 0.6) is 0 Å². The van der Waals surface area contributed by atoms with Crippen molar-refractivity contribution in [2.24, 2.45) is 5.10 Å². The van der Waals surface area contributed by atoms with Gasteiger partial charge in [0.25, 0.3) is 0 Å². The van der Waals surface area contributed by atoms with Crippen molar-refractivity contribution in [3.8, 4) is 0 Å². The van der Waals surface area contributed by atoms with Gasteiger partial charge in [-0.2, -0.15) is 5.10 Å². The van der Waals surface area contributed by atoms with Gasteiger partial charge in [0.2, 0.25) is 5.95 Å². The number of hydrogen-bond donors (Lipinski definition) is 1. The van der Waals surface area contributed by atoms with Crippen molar-refractivity contribution in [3.63, 3.8) is 0 Å². The average Bonchev–Trinajstić information content (AvgIpc) is 2.47. The fourth-order valence-corrected chi connectivity index (χ4v) is 2.33. The molecule has 0 atom stereocenters. The zero-order valence-electron chi connectivity index (χ0n) is 11.9. The number of aryl methyl sites for hydroxylation is 2. The Hall–Kier alpha value is -1.88. The minimum Gasteiger partial charge on any atom is -0.245 e. The van der Waals surface area contributed by atoms with E-state index in [4.69, 9.17) is 0 Å². The molecule has 4 nitrogen and oxygen atoms in total. The van der Waals surface area contributed by atoms with Crippen LogP contribution in [0.15, 0.2) is 40.5 Å². The third-order valence-corrected chi connectivity index (χ3v) is 3.82. The number of hydrazone groups is 1. The molecule has 1 N–H and O–H groups in total. The monoisotopic (exact) mass is 286 g/mol. The van der Waals surface area contributed by atoms with E-state index in [0.717, 1.165) is 17.7 Å². The van der Waals surface area contributed by atoms with Gasteiger partial charge in [-0.05, 0) is 37.3 Å². The summed E-state index contributed by atoms with van der Waals surface area (Å²) in [4.78, 5) is 9.77. The van der Waals surface area contributed by atoms with Crippen LogP contribution in [0.2, 0.25) is 0 Å². The summed E-state index contributed by atoms with van der Waals surface area (Å²) in [6.45, 7) is 3.95. The topological polar surface area (TPSA) is 50.2 Å². The number of rotatable bonds is 5. The number of nitrogens with zero attached hydrogens (tertiary/aromatic N) is 3. The highest BCUT2D eigenvalue weighted by molar-refractivity contribution is 7.98. The number of benzene rings is 1. The molecule has 2 aromatic rings. The summed E-state index contributed by atoms with van der Waals surface area (Å²) in [7, 11) is 0. The molecule has 1 aromatic carbocycles. The lowest BCUT2D eigenvalue weighted by Gasteiger charge is -2.04. The fraction of sp³-hybridized carbons (Fsp3) is 0.267. The second-order valence-corrected chi connectivity index (χ2v) is 5.25. The van der Waals surface area contributed by atoms with E-state index in [2.05, 4.69) is 38.9 Å². The van der Waals surface area contributed by atoms with Gasteiger partial charge in [-0.1, -0.05) is 18.2 Å². The molecule has 5 heteroatoms. The predicted octanol–water partition coefficient (Wildman–Crippen LogP) is 3.46. The van der Waals surface area contributed by atoms with Gasteiger partial charge in [0.15, 0.2) is 0 Å². The molecule has 0 aliphatic rings. The lowest BCUT2D eigenvalue weighted by molar-refractivity contribution is 1.04. The lowest BCUT2D eigenvalue weighted by Crippen LogP contribution is -2.00. The zero-order valence-corrected chi connectivity index (χ0v) is 12.7. The molecule has 0 saturated heterocycles. The van der Waals surface area contributed by atoms with E-state index in [9.17, 15) is 0 Å². The van der Waals surface area contributed by atoms with Crippen molar-refractivity contribution in [2.45, 2.75) is 25.2 Å². The third-order valence-electron chi connectivity index (χ3n) is 2.98. The number of aromatic nitrogens is 2. The molecule has 0 amide bonds. The molecule has 0 saturated carbocycles. The molecule has 0 unspecified atom stereocenters. The minimum atomic E-state index is 0.530. The Bertz CT molecular complexity index is 611. The van der Waals surface area contributed by atoms with Crippen LogP contribution in [0.4, 0.5) is 5.95 Å². The van der Waals surface area contributed by atoms with Crippen LogP contribution < -0.4 is 5.43 Å². The van der Waals surface area contributed by atoms with Crippen molar-refractivity contribution >= 4 is 23.9 Å². The first-order chi connectivity index (χ1) is 9.70. The van der Waals surface area contributed by atoms with E-state index in [1.165, 1.54) is 10.5 Å². The number of hydrogen-bond acceptors (Lipinski definition) is 5. The standard InChI is InChI=1S/C15H18N4S/c1-11-10-16-15(18-12(11)2)19-17-9-8-13-6-4-5-7-14(13)20-3/h4-7,9-10H,8H2,1-3H3,(H,16,18,19). The quantitative estimate of drug-likeness (QED) is 0.519. The first-order valence-corrected chi connectivity index (χ1v) is 7.63. The van der Waals surface area contributed by atoms with Gasteiger partial charge in [0.1, 0.15) is 0 Å². The summed E-state index contributed by atoms with van der Waals surface area (Å²) < 4.78 is 0. The van der Waals surface area contributed by atoms with Gasteiger partial charge in [-0.3, -0.25) is 0 Å². The smallest absolute Gasteiger partial charge is 0.243 e. The van der Waals surface area contributed by atoms with Crippen LogP contribution in [0.25, 0.3) is 0 Å². The molecule has 0 bridgehead atoms. The zero-order chi connectivity index (χ0) is 14.4. The molecule has 0 radical (unpaired) electrons. The molecular weight excluding hydrogens is 268 g/mol. The first-order valence-electron chi connectivity index (χ1n) is 6.40. The number of thioether (sulfide) groups is 1. The molecule has 1 heterocycles. The second kappa shape index (κ2) is 7.05. The third kappa shape index (κ3) is 3.81. The van der Waals surface area contributed by atoms with Crippen LogP contribution in [0.3, 0.4) is 0 Å². The lowest BCUT2D eigenvalue weighted by atomic mass is 10.2. The highest BCUT2D eigenvalue weighted by Crippen LogP contribution is 2.19. The maximum atomic E-state index is 4.31. The summed E-state index contributed by atoms with van der Waals surface area (Å²) in [5.41, 5.74) is 6.17. The highest BCUT2D eigenvalue weighted by atomic mass is 32.2. The Morgan fingerprint density at radius 3 is 2.85 bits per heavy atom. The van der Waals surface area contributed by atoms with Crippen molar-refractivity contribution in [2.75, 3.05) is 11.7 Å². The van der Waals surface area contributed by atoms with E-state index in [0.29, 0.717) is 5.95 Å². The van der Waals surface area contributed by atoms with Crippen LogP contribution in [0.1, 0.15) is 16.8 Å². The first kappa shape index (κ1) is 14.5. The maximum absolute atomic E-state index is 4.31. The van der Waals surface area contributed by atoms with Crippen molar-refractivity contribution in [1.82, 2.24) is 9.97 Å². The minimum absolute atomic E-state index is 0.530. The van der Waals surface area contributed by atoms with Crippen molar-refractivity contribution in [3.05, 3.63) is 47.3 Å². The van der Waals surface area contributed by atoms with E-state index >= 15 is 0 Å². The van der Waals surface area contributed by atoms with Gasteiger partial charge in [0, 0.05) is 29.4 Å². The Labute approximate surface area is 123 Å². The molecule has 0 aliphatic carbocycles. The van der Waals surface area contributed by atoms with Crippen LogP contribution in [-0.2, 0) is 6.42 Å². The van der Waals surface area contributed by atoms with Gasteiger partial charge < -0.3 is 0 Å². The van der Waals surface area contributed by atoms with Crippen LogP contribution in [-0.4, -0.2) is 22.4 Å². The molecule has 0 fully saturated rings. The summed E-state index contributed by atoms with van der Waals surface area (Å²) in [6, 6.07) is 8.33. The van der Waals surface area contributed by atoms with Crippen molar-refractivity contribution < 1.29 is 0 Å². The molecule has 0 spiro atoms. The Kier molecular flexibility index (Phi) is 5.12. The number of nitrogens with one attached hydrogen (secondary N) is 1. The highest BCUT2D eigenvalue weighted by Gasteiger charge is 1.99. The Morgan fingerprint density at radius 1 is 1.30 bits per heavy atom. The molecule has 20 heavy (non-hydrogen) atoms. The largest absolute Gasteiger partial charge is 0.245 e. The van der Waals surface area contributed by atoms with Gasteiger partial charge >= 0.3 is 0 Å². The Balaban J connectivity index is 1.95. The Morgan fingerprint density at radius 2 is 2.10 bits per heavy atom. The van der Waals surface area contributed by atoms with E-state index < -0.39 is 0 Å². The summed E-state index contributed by atoms with van der Waals surface area (Å²) >= 11 is 1.75. The predicted molar refractivity (Wildman–Crippen MR) is 85.5 cm³/mol. The second-order valence-electron chi connectivity index (χ2n) is 4.40. The fourth-order valence-electron chi connectivity index (χ4n) is 1.70. The van der Waals surface area contributed by atoms with E-state index in [1.54, 1.807) is 18.0 Å². The van der Waals surface area contributed by atoms with Gasteiger partial charge in [-0.15, -0.1) is 11.8 Å². The van der Waals surface area contributed by atoms with Gasteiger partial charge in [-0.25, -0.2) is 15.4 Å². The van der Waals surface area contributed by atoms with E-state index in [-0.39, 0.29) is 0 Å². The molecule has 2 rings (SSSR count). The maximum Gasteiger partial charge on any atom is 0.243 e. The number of anilines is 1. The molecule has 1 aromatic heterocycles. The van der Waals surface area contributed by atoms with Crippen LogP contribution in [0, 0.1) is 13.8 Å². The van der Waals surface area contributed by atoms with Crippen molar-refractivity contribution in [1.29, 1.82) is 0 Å². The summed E-state index contributed by atoms with van der Waals surface area (Å²) in [5, 5.41) is 4.17. The average molecular weight is 286 g/mol. The summed E-state index contributed by atoms with van der Waals surface area (Å²) in [6.07, 6.45) is 6.50. The SMILES string of the molecule is CSc1ccccc1CC=NNc1ncc(C)c(C)n1. The molecule has 104 valence electrons. The van der Waals surface area contributed by atoms with Crippen LogP contribution >= 0.6 is 11.8 Å². The van der Waals surface area contributed by atoms with E-state index in [1.807, 2.05) is 32.2 Å². The normalized spacial score (nSPS) is 10.9. The molecule has 0 aliphatic heterocycles. The molecular formula is C15H18N4S. The van der Waals surface area contributed by atoms with Gasteiger partial charge in [0.05, 0.1) is 0 Å².